The molecule has 308 valence electrons. The molecule has 7 nitrogen and oxygen atoms in total. The molecule has 7 heteroatoms. The minimum Gasteiger partial charge on any atom is -0.497 e. The quantitative estimate of drug-likeness (QED) is 0.125. The van der Waals surface area contributed by atoms with Gasteiger partial charge in [-0.25, -0.2) is 4.98 Å². The van der Waals surface area contributed by atoms with Crippen LogP contribution in [0.4, 0.5) is 5.69 Å². The smallest absolute Gasteiger partial charge is 0.251 e. The van der Waals surface area contributed by atoms with E-state index in [4.69, 9.17) is 14.5 Å². The normalized spacial score (nSPS) is 16.2. The molecule has 0 radical (unpaired) electrons. The number of imidazole rings is 1. The highest BCUT2D eigenvalue weighted by molar-refractivity contribution is 5.95. The molecular formula is C49H74N4O3. The third-order valence-electron chi connectivity index (χ3n) is 9.69. The summed E-state index contributed by atoms with van der Waals surface area (Å²) in [5, 5.41) is 3.20. The van der Waals surface area contributed by atoms with Crippen molar-refractivity contribution in [3.05, 3.63) is 119 Å². The van der Waals surface area contributed by atoms with Crippen LogP contribution in [0.15, 0.2) is 90.7 Å². The first-order chi connectivity index (χ1) is 27.4. The molecule has 4 aromatic rings. The molecule has 2 heterocycles. The van der Waals surface area contributed by atoms with E-state index in [2.05, 4.69) is 104 Å². The number of carbonyl (C=O) groups is 1. The number of aryl methyl sites for hydroxylation is 3. The third-order valence-corrected chi connectivity index (χ3v) is 9.69. The number of benzene rings is 3. The van der Waals surface area contributed by atoms with Crippen LogP contribution in [-0.4, -0.2) is 48.8 Å². The van der Waals surface area contributed by atoms with Crippen LogP contribution in [0, 0.1) is 0 Å². The number of aromatic nitrogens is 2. The van der Waals surface area contributed by atoms with E-state index in [-0.39, 0.29) is 18.0 Å². The number of aromatic amines is 1. The summed E-state index contributed by atoms with van der Waals surface area (Å²) in [7, 11) is 1.68. The monoisotopic (exact) mass is 767 g/mol. The Bertz CT molecular complexity index is 1710. The fraction of sp³-hybridized carbons (Fsp3) is 0.510. The second-order valence-electron chi connectivity index (χ2n) is 13.9. The first-order valence-corrected chi connectivity index (χ1v) is 21.6. The molecule has 1 aromatic heterocycles. The van der Waals surface area contributed by atoms with Crippen LogP contribution in [0.5, 0.6) is 0 Å². The predicted molar refractivity (Wildman–Crippen MR) is 240 cm³/mol. The van der Waals surface area contributed by atoms with E-state index < -0.39 is 0 Å². The summed E-state index contributed by atoms with van der Waals surface area (Å²) in [5.74, 6) is 1.45. The van der Waals surface area contributed by atoms with Crippen molar-refractivity contribution >= 4 is 22.6 Å². The Hall–Kier alpha value is -4.36. The number of rotatable bonds is 14. The van der Waals surface area contributed by atoms with Crippen molar-refractivity contribution in [2.45, 2.75) is 139 Å². The molecule has 5 rings (SSSR count). The van der Waals surface area contributed by atoms with Gasteiger partial charge in [0.1, 0.15) is 11.6 Å². The van der Waals surface area contributed by atoms with Gasteiger partial charge in [0.2, 0.25) is 0 Å². The predicted octanol–water partition coefficient (Wildman–Crippen LogP) is 12.5. The van der Waals surface area contributed by atoms with Crippen molar-refractivity contribution in [3.8, 4) is 0 Å². The molecule has 2 atom stereocenters. The fourth-order valence-corrected chi connectivity index (χ4v) is 6.51. The molecule has 2 N–H and O–H groups in total. The maximum Gasteiger partial charge on any atom is 0.251 e. The van der Waals surface area contributed by atoms with Crippen molar-refractivity contribution in [2.24, 2.45) is 0 Å². The first-order valence-electron chi connectivity index (χ1n) is 21.6. The van der Waals surface area contributed by atoms with Crippen LogP contribution in [-0.2, 0) is 28.7 Å². The van der Waals surface area contributed by atoms with Crippen LogP contribution in [0.2, 0.25) is 0 Å². The Kier molecular flexibility index (Phi) is 24.0. The van der Waals surface area contributed by atoms with Gasteiger partial charge in [-0.1, -0.05) is 129 Å². The lowest BCUT2D eigenvalue weighted by Crippen LogP contribution is -2.37. The maximum atomic E-state index is 13.7. The number of allylic oxidation sites excluding steroid dienone is 1. The molecule has 0 spiro atoms. The molecule has 0 bridgehead atoms. The number of hydrogen-bond donors (Lipinski definition) is 2. The molecule has 0 saturated carbocycles. The van der Waals surface area contributed by atoms with Gasteiger partial charge in [-0.2, -0.15) is 0 Å². The van der Waals surface area contributed by atoms with Crippen LogP contribution in [0.3, 0.4) is 0 Å². The number of anilines is 1. The summed E-state index contributed by atoms with van der Waals surface area (Å²) in [4.78, 5) is 24.4. The zero-order chi connectivity index (χ0) is 41.1. The fourth-order valence-electron chi connectivity index (χ4n) is 6.51. The molecule has 1 aliphatic heterocycles. The topological polar surface area (TPSA) is 79.5 Å². The number of carbonyl (C=O) groups excluding carboxylic acids is 1. The van der Waals surface area contributed by atoms with Crippen LogP contribution in [0.25, 0.3) is 11.0 Å². The maximum absolute atomic E-state index is 13.7. The van der Waals surface area contributed by atoms with Gasteiger partial charge in [-0.3, -0.25) is 4.79 Å². The third kappa shape index (κ3) is 16.0. The minimum atomic E-state index is -0.284. The summed E-state index contributed by atoms with van der Waals surface area (Å²) in [5.41, 5.74) is 7.51. The number of amides is 1. The van der Waals surface area contributed by atoms with E-state index in [9.17, 15) is 4.79 Å². The van der Waals surface area contributed by atoms with Gasteiger partial charge in [-0.15, -0.1) is 0 Å². The highest BCUT2D eigenvalue weighted by Crippen LogP contribution is 2.28. The average molecular weight is 767 g/mol. The number of methoxy groups -OCH3 is 1. The lowest BCUT2D eigenvalue weighted by molar-refractivity contribution is 0.0938. The van der Waals surface area contributed by atoms with E-state index in [0.717, 1.165) is 73.4 Å². The SMILES string of the molecule is CC.CC.CCCCC.CCCCCc1ccc(C(=O)NC(C)c2nc3ccc(CCc4ccccc4)cc3[nH]2)cc1N1CCOC/C=C(OC)\C=C/CC1C. The van der Waals surface area contributed by atoms with Gasteiger partial charge in [0.05, 0.1) is 37.4 Å². The number of fused-ring (bicyclic) bond motifs is 1. The van der Waals surface area contributed by atoms with Gasteiger partial charge >= 0.3 is 0 Å². The standard InChI is InChI=1S/C40H50N4O3.C5H12.2C2H6/c1-5-6-8-15-33-20-21-34(28-38(33)44-24-26-47-25-23-35(46-4)16-11-12-29(44)2)40(45)41-30(3)39-42-36-22-19-32(27-37(36)43-39)18-17-31-13-9-7-10-14-31;1-3-5-4-2;2*1-2/h7,9-11,13-14,16,19-23,27-30H,5-6,8,12,15,17-18,24-26H2,1-4H3,(H,41,45)(H,42,43);3-5H2,1-2H3;2*1-2H3/b16-11-,35-23+;;;. The van der Waals surface area contributed by atoms with Crippen LogP contribution >= 0.6 is 0 Å². The number of H-pyrrole nitrogens is 1. The number of ether oxygens (including phenoxy) is 2. The highest BCUT2D eigenvalue weighted by Gasteiger charge is 2.21. The molecule has 0 saturated heterocycles. The Morgan fingerprint density at radius 1 is 0.911 bits per heavy atom. The second-order valence-corrected chi connectivity index (χ2v) is 13.9. The highest BCUT2D eigenvalue weighted by atomic mass is 16.5. The Labute approximate surface area is 340 Å². The largest absolute Gasteiger partial charge is 0.497 e. The van der Waals surface area contributed by atoms with Crippen molar-refractivity contribution < 1.29 is 14.3 Å². The molecule has 1 amide bonds. The van der Waals surface area contributed by atoms with Gasteiger partial charge in [0, 0.05) is 23.8 Å². The van der Waals surface area contributed by atoms with Gasteiger partial charge < -0.3 is 24.7 Å². The summed E-state index contributed by atoms with van der Waals surface area (Å²) in [6, 6.07) is 23.0. The zero-order valence-electron chi connectivity index (χ0n) is 36.5. The Balaban J connectivity index is 0.00000110. The number of nitrogens with one attached hydrogen (secondary N) is 2. The summed E-state index contributed by atoms with van der Waals surface area (Å²) >= 11 is 0. The summed E-state index contributed by atoms with van der Waals surface area (Å²) in [6.45, 7) is 20.7. The van der Waals surface area contributed by atoms with Gasteiger partial charge in [0.25, 0.3) is 5.91 Å². The molecule has 3 aromatic carbocycles. The number of unbranched alkanes of at least 4 members (excludes halogenated alkanes) is 4. The van der Waals surface area contributed by atoms with Gasteiger partial charge in [0.15, 0.2) is 0 Å². The minimum absolute atomic E-state index is 0.113. The molecule has 0 aliphatic carbocycles. The number of hydrogen-bond acceptors (Lipinski definition) is 5. The first kappa shape index (κ1) is 47.8. The van der Waals surface area contributed by atoms with E-state index >= 15 is 0 Å². The Morgan fingerprint density at radius 3 is 2.30 bits per heavy atom. The van der Waals surface area contributed by atoms with E-state index in [1.807, 2.05) is 58.9 Å². The van der Waals surface area contributed by atoms with E-state index in [1.165, 1.54) is 42.4 Å². The lowest BCUT2D eigenvalue weighted by atomic mass is 10.00. The van der Waals surface area contributed by atoms with Crippen molar-refractivity contribution in [1.82, 2.24) is 15.3 Å². The molecule has 1 aliphatic rings. The van der Waals surface area contributed by atoms with Crippen molar-refractivity contribution in [1.29, 1.82) is 0 Å². The summed E-state index contributed by atoms with van der Waals surface area (Å²) < 4.78 is 11.4. The number of nitrogens with zero attached hydrogens (tertiary/aromatic N) is 2. The van der Waals surface area contributed by atoms with Gasteiger partial charge in [-0.05, 0) is 99.1 Å². The molecule has 0 fully saturated rings. The Morgan fingerprint density at radius 2 is 1.62 bits per heavy atom. The van der Waals surface area contributed by atoms with E-state index in [1.54, 1.807) is 7.11 Å². The van der Waals surface area contributed by atoms with Crippen LogP contribution in [0.1, 0.15) is 146 Å². The van der Waals surface area contributed by atoms with Crippen molar-refractivity contribution in [3.63, 3.8) is 0 Å². The van der Waals surface area contributed by atoms with Crippen molar-refractivity contribution in [2.75, 3.05) is 31.8 Å². The molecule has 2 unspecified atom stereocenters. The average Bonchev–Trinajstić information content (AvgIpc) is 3.66. The van der Waals surface area contributed by atoms with E-state index in [0.29, 0.717) is 18.8 Å². The van der Waals surface area contributed by atoms with Crippen LogP contribution < -0.4 is 10.2 Å². The lowest BCUT2D eigenvalue weighted by Gasteiger charge is -2.33. The molecule has 56 heavy (non-hydrogen) atoms. The second kappa shape index (κ2) is 28.1. The summed E-state index contributed by atoms with van der Waals surface area (Å²) in [6.07, 6.45) is 17.5. The zero-order valence-corrected chi connectivity index (χ0v) is 36.5. The molecular weight excluding hydrogens is 693 g/mol.